The first-order valence-electron chi connectivity index (χ1n) is 9.61. The standard InChI is InChI=1S/C20H22Cl2N2O3S2/c1-11(16-9-12-2-3-14(16)8-12)23-20(25)13-4-6-15(7-5-13)24-29(26,27)17-10-18(21)28-19(17)22/h4-7,10-12,14,16,24H,2-3,8-9H2,1H3,(H,23,25)/t11-,12+,14+,16-/m1/s1. The average Bonchev–Trinajstić information content (AvgIpc) is 3.37. The van der Waals surface area contributed by atoms with Crippen molar-refractivity contribution >= 4 is 56.2 Å². The Morgan fingerprint density at radius 3 is 2.45 bits per heavy atom. The number of carbonyl (C=O) groups excluding carboxylic acids is 1. The number of carbonyl (C=O) groups is 1. The number of nitrogens with one attached hydrogen (secondary N) is 2. The average molecular weight is 473 g/mol. The van der Waals surface area contributed by atoms with Crippen LogP contribution in [0.5, 0.6) is 0 Å². The predicted molar refractivity (Wildman–Crippen MR) is 117 cm³/mol. The predicted octanol–water partition coefficient (Wildman–Crippen LogP) is 5.41. The summed E-state index contributed by atoms with van der Waals surface area (Å²) in [6, 6.07) is 7.82. The van der Waals surface area contributed by atoms with Crippen molar-refractivity contribution in [2.24, 2.45) is 17.8 Å². The van der Waals surface area contributed by atoms with Gasteiger partial charge in [0.05, 0.1) is 4.34 Å². The highest BCUT2D eigenvalue weighted by Gasteiger charge is 2.42. The van der Waals surface area contributed by atoms with Gasteiger partial charge in [0.15, 0.2) is 0 Å². The van der Waals surface area contributed by atoms with Crippen molar-refractivity contribution in [2.75, 3.05) is 4.72 Å². The van der Waals surface area contributed by atoms with E-state index >= 15 is 0 Å². The molecule has 0 spiro atoms. The Balaban J connectivity index is 1.39. The van der Waals surface area contributed by atoms with Crippen LogP contribution in [-0.4, -0.2) is 20.4 Å². The maximum absolute atomic E-state index is 12.6. The molecule has 29 heavy (non-hydrogen) atoms. The monoisotopic (exact) mass is 472 g/mol. The number of hydrogen-bond acceptors (Lipinski definition) is 4. The second-order valence-corrected chi connectivity index (χ2v) is 11.9. The molecule has 2 aromatic rings. The van der Waals surface area contributed by atoms with E-state index in [1.807, 2.05) is 0 Å². The second-order valence-electron chi connectivity index (χ2n) is 7.97. The van der Waals surface area contributed by atoms with E-state index < -0.39 is 10.0 Å². The molecule has 1 aromatic heterocycles. The van der Waals surface area contributed by atoms with Gasteiger partial charge in [-0.15, -0.1) is 11.3 Å². The van der Waals surface area contributed by atoms with E-state index in [0.717, 1.165) is 23.2 Å². The van der Waals surface area contributed by atoms with Crippen LogP contribution < -0.4 is 10.0 Å². The Bertz CT molecular complexity index is 1020. The SMILES string of the molecule is C[C@@H](NC(=O)c1ccc(NS(=O)(=O)c2cc(Cl)sc2Cl)cc1)[C@H]1C[C@H]2CC[C@H]1C2. The number of fused-ring (bicyclic) bond motifs is 2. The fraction of sp³-hybridized carbons (Fsp3) is 0.450. The van der Waals surface area contributed by atoms with Gasteiger partial charge in [-0.3, -0.25) is 9.52 Å². The van der Waals surface area contributed by atoms with Crippen molar-refractivity contribution in [1.29, 1.82) is 0 Å². The summed E-state index contributed by atoms with van der Waals surface area (Å²) >= 11 is 12.8. The van der Waals surface area contributed by atoms with E-state index in [1.54, 1.807) is 24.3 Å². The Morgan fingerprint density at radius 1 is 1.17 bits per heavy atom. The Labute approximate surface area is 184 Å². The summed E-state index contributed by atoms with van der Waals surface area (Å²) in [5.74, 6) is 2.00. The van der Waals surface area contributed by atoms with E-state index in [-0.39, 0.29) is 21.2 Å². The molecule has 1 amide bonds. The summed E-state index contributed by atoms with van der Waals surface area (Å²) in [4.78, 5) is 12.5. The number of halogens is 2. The highest BCUT2D eigenvalue weighted by molar-refractivity contribution is 7.93. The number of rotatable bonds is 6. The van der Waals surface area contributed by atoms with Crippen LogP contribution in [0.25, 0.3) is 0 Å². The van der Waals surface area contributed by atoms with E-state index in [4.69, 9.17) is 23.2 Å². The van der Waals surface area contributed by atoms with Gasteiger partial charge >= 0.3 is 0 Å². The van der Waals surface area contributed by atoms with Crippen molar-refractivity contribution in [1.82, 2.24) is 5.32 Å². The molecular weight excluding hydrogens is 451 g/mol. The van der Waals surface area contributed by atoms with Crippen LogP contribution in [0.2, 0.25) is 8.67 Å². The highest BCUT2D eigenvalue weighted by Crippen LogP contribution is 2.49. The topological polar surface area (TPSA) is 75.3 Å². The lowest BCUT2D eigenvalue weighted by molar-refractivity contribution is 0.0915. The van der Waals surface area contributed by atoms with E-state index in [2.05, 4.69) is 17.0 Å². The van der Waals surface area contributed by atoms with Gasteiger partial charge in [-0.2, -0.15) is 0 Å². The third-order valence-electron chi connectivity index (χ3n) is 6.11. The summed E-state index contributed by atoms with van der Waals surface area (Å²) in [6.07, 6.45) is 5.13. The Morgan fingerprint density at radius 2 is 1.90 bits per heavy atom. The minimum Gasteiger partial charge on any atom is -0.349 e. The lowest BCUT2D eigenvalue weighted by Gasteiger charge is -2.28. The molecular formula is C20H22Cl2N2O3S2. The molecule has 2 aliphatic rings. The molecule has 1 heterocycles. The van der Waals surface area contributed by atoms with Crippen LogP contribution in [-0.2, 0) is 10.0 Å². The molecule has 2 saturated carbocycles. The van der Waals surface area contributed by atoms with Crippen LogP contribution in [0.1, 0.15) is 43.0 Å². The van der Waals surface area contributed by atoms with Crippen LogP contribution in [0.3, 0.4) is 0 Å². The van der Waals surface area contributed by atoms with Crippen molar-refractivity contribution in [3.8, 4) is 0 Å². The summed E-state index contributed by atoms with van der Waals surface area (Å²) in [5.41, 5.74) is 0.848. The minimum absolute atomic E-state index is 0.0596. The molecule has 2 N–H and O–H groups in total. The summed E-state index contributed by atoms with van der Waals surface area (Å²) in [7, 11) is -3.85. The van der Waals surface area contributed by atoms with Crippen molar-refractivity contribution < 1.29 is 13.2 Å². The molecule has 2 bridgehead atoms. The van der Waals surface area contributed by atoms with Gasteiger partial charge in [0.25, 0.3) is 15.9 Å². The van der Waals surface area contributed by atoms with Gasteiger partial charge < -0.3 is 5.32 Å². The van der Waals surface area contributed by atoms with Gasteiger partial charge in [-0.25, -0.2) is 8.42 Å². The molecule has 4 atom stereocenters. The molecule has 2 fully saturated rings. The number of thiophene rings is 1. The number of benzene rings is 1. The maximum Gasteiger partial charge on any atom is 0.264 e. The van der Waals surface area contributed by atoms with Crippen molar-refractivity contribution in [2.45, 2.75) is 43.5 Å². The molecule has 0 aliphatic heterocycles. The Kier molecular flexibility index (Phi) is 5.86. The minimum atomic E-state index is -3.85. The molecule has 0 saturated heterocycles. The molecule has 5 nitrogen and oxygen atoms in total. The van der Waals surface area contributed by atoms with Crippen LogP contribution in [0.4, 0.5) is 5.69 Å². The fourth-order valence-corrected chi connectivity index (χ4v) is 7.92. The highest BCUT2D eigenvalue weighted by atomic mass is 35.5. The zero-order chi connectivity index (χ0) is 20.8. The van der Waals surface area contributed by atoms with Crippen LogP contribution >= 0.6 is 34.5 Å². The number of anilines is 1. The van der Waals surface area contributed by atoms with Gasteiger partial charge in [0.1, 0.15) is 9.23 Å². The lowest BCUT2D eigenvalue weighted by Crippen LogP contribution is -2.40. The maximum atomic E-state index is 12.6. The van der Waals surface area contributed by atoms with E-state index in [0.29, 0.717) is 21.5 Å². The molecule has 4 rings (SSSR count). The summed E-state index contributed by atoms with van der Waals surface area (Å²) in [6.45, 7) is 2.08. The number of amides is 1. The first kappa shape index (κ1) is 21.0. The zero-order valence-corrected chi connectivity index (χ0v) is 19.0. The largest absolute Gasteiger partial charge is 0.349 e. The van der Waals surface area contributed by atoms with Crippen molar-refractivity contribution in [3.63, 3.8) is 0 Å². The third-order valence-corrected chi connectivity index (χ3v) is 9.24. The molecule has 1 aromatic carbocycles. The number of hydrogen-bond donors (Lipinski definition) is 2. The summed E-state index contributed by atoms with van der Waals surface area (Å²) < 4.78 is 27.8. The first-order chi connectivity index (χ1) is 13.7. The van der Waals surface area contributed by atoms with Crippen LogP contribution in [0.15, 0.2) is 35.2 Å². The zero-order valence-electron chi connectivity index (χ0n) is 15.8. The van der Waals surface area contributed by atoms with Gasteiger partial charge in [0, 0.05) is 17.3 Å². The lowest BCUT2D eigenvalue weighted by atomic mass is 9.84. The molecule has 9 heteroatoms. The molecule has 0 radical (unpaired) electrons. The van der Waals surface area contributed by atoms with Gasteiger partial charge in [-0.1, -0.05) is 29.6 Å². The van der Waals surface area contributed by atoms with Gasteiger partial charge in [-0.05, 0) is 74.3 Å². The molecule has 2 aliphatic carbocycles. The second kappa shape index (κ2) is 8.10. The van der Waals surface area contributed by atoms with E-state index in [9.17, 15) is 13.2 Å². The smallest absolute Gasteiger partial charge is 0.264 e. The summed E-state index contributed by atoms with van der Waals surface area (Å²) in [5, 5.41) is 3.12. The normalized spacial score (nSPS) is 24.4. The van der Waals surface area contributed by atoms with Crippen molar-refractivity contribution in [3.05, 3.63) is 44.6 Å². The molecule has 0 unspecified atom stereocenters. The molecule has 156 valence electrons. The number of sulfonamides is 1. The van der Waals surface area contributed by atoms with E-state index in [1.165, 1.54) is 31.7 Å². The Hall–Kier alpha value is -1.28. The first-order valence-corrected chi connectivity index (χ1v) is 12.7. The van der Waals surface area contributed by atoms with Crippen LogP contribution in [0, 0.1) is 17.8 Å². The van der Waals surface area contributed by atoms with Gasteiger partial charge in [0.2, 0.25) is 0 Å². The quantitative estimate of drug-likeness (QED) is 0.589. The third kappa shape index (κ3) is 4.43. The fourth-order valence-electron chi connectivity index (χ4n) is 4.71.